The zero-order valence-electron chi connectivity index (χ0n) is 9.05. The van der Waals surface area contributed by atoms with Crippen molar-refractivity contribution >= 4 is 0 Å². The van der Waals surface area contributed by atoms with Crippen LogP contribution in [0.5, 0.6) is 0 Å². The summed E-state index contributed by atoms with van der Waals surface area (Å²) in [6.07, 6.45) is 7.38. The molecule has 1 N–H and O–H groups in total. The van der Waals surface area contributed by atoms with Crippen LogP contribution in [0.1, 0.15) is 46.0 Å². The second-order valence-electron chi connectivity index (χ2n) is 5.08. The SMILES string of the molecule is CCCN[C@H](C)[C@H]1C[C@H]2CC[C@H]1C2. The molecule has 2 saturated carbocycles. The van der Waals surface area contributed by atoms with Crippen LogP contribution in [0.2, 0.25) is 0 Å². The summed E-state index contributed by atoms with van der Waals surface area (Å²) in [7, 11) is 0. The largest absolute Gasteiger partial charge is 0.314 e. The molecule has 0 aromatic rings. The van der Waals surface area contributed by atoms with Gasteiger partial charge in [0.05, 0.1) is 0 Å². The standard InChI is InChI=1S/C12H23N/c1-3-6-13-9(2)12-8-10-4-5-11(12)7-10/h9-13H,3-8H2,1-2H3/t9-,10+,11+,12-/m1/s1. The summed E-state index contributed by atoms with van der Waals surface area (Å²) in [6, 6.07) is 0.773. The highest BCUT2D eigenvalue weighted by Crippen LogP contribution is 2.49. The van der Waals surface area contributed by atoms with Crippen LogP contribution in [0.15, 0.2) is 0 Å². The van der Waals surface area contributed by atoms with Gasteiger partial charge in [0, 0.05) is 6.04 Å². The van der Waals surface area contributed by atoms with Gasteiger partial charge in [-0.1, -0.05) is 13.3 Å². The molecular formula is C12H23N. The summed E-state index contributed by atoms with van der Waals surface area (Å²) in [5.74, 6) is 3.18. The van der Waals surface area contributed by atoms with Gasteiger partial charge in [0.25, 0.3) is 0 Å². The van der Waals surface area contributed by atoms with Crippen LogP contribution in [-0.2, 0) is 0 Å². The van der Waals surface area contributed by atoms with E-state index in [-0.39, 0.29) is 0 Å². The Balaban J connectivity index is 1.80. The molecule has 0 aromatic carbocycles. The van der Waals surface area contributed by atoms with Gasteiger partial charge >= 0.3 is 0 Å². The van der Waals surface area contributed by atoms with E-state index >= 15 is 0 Å². The lowest BCUT2D eigenvalue weighted by Gasteiger charge is -2.28. The molecule has 0 heterocycles. The third-order valence-corrected chi connectivity index (χ3v) is 4.15. The van der Waals surface area contributed by atoms with Gasteiger partial charge in [0.1, 0.15) is 0 Å². The van der Waals surface area contributed by atoms with Gasteiger partial charge in [-0.15, -0.1) is 0 Å². The zero-order valence-corrected chi connectivity index (χ0v) is 9.05. The predicted molar refractivity (Wildman–Crippen MR) is 56.7 cm³/mol. The maximum Gasteiger partial charge on any atom is 0.00697 e. The Morgan fingerprint density at radius 3 is 2.69 bits per heavy atom. The van der Waals surface area contributed by atoms with Gasteiger partial charge in [-0.05, 0) is 56.9 Å². The molecule has 2 aliphatic rings. The normalized spacial score (nSPS) is 39.7. The third-order valence-electron chi connectivity index (χ3n) is 4.15. The van der Waals surface area contributed by atoms with E-state index < -0.39 is 0 Å². The number of rotatable bonds is 4. The molecule has 13 heavy (non-hydrogen) atoms. The molecule has 1 heteroatoms. The third kappa shape index (κ3) is 1.90. The number of nitrogens with one attached hydrogen (secondary N) is 1. The number of hydrogen-bond donors (Lipinski definition) is 1. The predicted octanol–water partition coefficient (Wildman–Crippen LogP) is 2.81. The molecule has 2 fully saturated rings. The molecule has 0 spiro atoms. The van der Waals surface area contributed by atoms with E-state index in [2.05, 4.69) is 19.2 Å². The Hall–Kier alpha value is -0.0400. The molecule has 0 radical (unpaired) electrons. The Morgan fingerprint density at radius 2 is 2.15 bits per heavy atom. The Morgan fingerprint density at radius 1 is 1.31 bits per heavy atom. The highest BCUT2D eigenvalue weighted by Gasteiger charge is 2.41. The molecule has 76 valence electrons. The zero-order chi connectivity index (χ0) is 9.26. The molecule has 2 bridgehead atoms. The van der Waals surface area contributed by atoms with Crippen LogP contribution in [0.25, 0.3) is 0 Å². The molecule has 0 amide bonds. The van der Waals surface area contributed by atoms with Crippen molar-refractivity contribution in [1.29, 1.82) is 0 Å². The molecular weight excluding hydrogens is 158 g/mol. The van der Waals surface area contributed by atoms with Crippen LogP contribution in [0, 0.1) is 17.8 Å². The summed E-state index contributed by atoms with van der Waals surface area (Å²) in [5, 5.41) is 3.66. The minimum Gasteiger partial charge on any atom is -0.314 e. The molecule has 1 nitrogen and oxygen atoms in total. The van der Waals surface area contributed by atoms with Crippen molar-refractivity contribution in [3.8, 4) is 0 Å². The summed E-state index contributed by atoms with van der Waals surface area (Å²) >= 11 is 0. The second-order valence-corrected chi connectivity index (χ2v) is 5.08. The molecule has 0 unspecified atom stereocenters. The van der Waals surface area contributed by atoms with E-state index in [9.17, 15) is 0 Å². The van der Waals surface area contributed by atoms with Crippen LogP contribution in [-0.4, -0.2) is 12.6 Å². The Bertz CT molecular complexity index is 167. The fourth-order valence-electron chi connectivity index (χ4n) is 3.43. The topological polar surface area (TPSA) is 12.0 Å². The highest BCUT2D eigenvalue weighted by atomic mass is 14.9. The quantitative estimate of drug-likeness (QED) is 0.703. The Labute approximate surface area is 82.3 Å². The van der Waals surface area contributed by atoms with E-state index in [1.165, 1.54) is 32.2 Å². The van der Waals surface area contributed by atoms with Crippen LogP contribution < -0.4 is 5.32 Å². The average molecular weight is 181 g/mol. The molecule has 4 atom stereocenters. The fourth-order valence-corrected chi connectivity index (χ4v) is 3.43. The molecule has 0 aromatic heterocycles. The van der Waals surface area contributed by atoms with Crippen LogP contribution >= 0.6 is 0 Å². The first-order chi connectivity index (χ1) is 6.31. The lowest BCUT2D eigenvalue weighted by molar-refractivity contribution is 0.261. The van der Waals surface area contributed by atoms with Crippen molar-refractivity contribution in [2.24, 2.45) is 17.8 Å². The van der Waals surface area contributed by atoms with Crippen LogP contribution in [0.4, 0.5) is 0 Å². The summed E-state index contributed by atoms with van der Waals surface area (Å²) < 4.78 is 0. The number of hydrogen-bond acceptors (Lipinski definition) is 1. The summed E-state index contributed by atoms with van der Waals surface area (Å²) in [4.78, 5) is 0. The second kappa shape index (κ2) is 4.00. The molecule has 2 rings (SSSR count). The lowest BCUT2D eigenvalue weighted by Crippen LogP contribution is -2.36. The van der Waals surface area contributed by atoms with Gasteiger partial charge in [0.2, 0.25) is 0 Å². The molecule has 0 saturated heterocycles. The minimum absolute atomic E-state index is 0.773. The van der Waals surface area contributed by atoms with E-state index in [0.29, 0.717) is 0 Å². The van der Waals surface area contributed by atoms with Gasteiger partial charge in [-0.2, -0.15) is 0 Å². The van der Waals surface area contributed by atoms with Gasteiger partial charge in [0.15, 0.2) is 0 Å². The van der Waals surface area contributed by atoms with Crippen molar-refractivity contribution in [3.63, 3.8) is 0 Å². The molecule has 0 aliphatic heterocycles. The summed E-state index contributed by atoms with van der Waals surface area (Å²) in [5.41, 5.74) is 0. The first-order valence-electron chi connectivity index (χ1n) is 6.04. The maximum absolute atomic E-state index is 3.66. The van der Waals surface area contributed by atoms with Gasteiger partial charge in [-0.25, -0.2) is 0 Å². The minimum atomic E-state index is 0.773. The average Bonchev–Trinajstić information content (AvgIpc) is 2.74. The van der Waals surface area contributed by atoms with E-state index in [1.54, 1.807) is 6.42 Å². The highest BCUT2D eigenvalue weighted by molar-refractivity contribution is 4.93. The van der Waals surface area contributed by atoms with Crippen molar-refractivity contribution in [1.82, 2.24) is 5.32 Å². The monoisotopic (exact) mass is 181 g/mol. The van der Waals surface area contributed by atoms with Crippen LogP contribution in [0.3, 0.4) is 0 Å². The van der Waals surface area contributed by atoms with E-state index in [1.807, 2.05) is 0 Å². The number of fused-ring (bicyclic) bond motifs is 2. The summed E-state index contributed by atoms with van der Waals surface area (Å²) in [6.45, 7) is 5.84. The van der Waals surface area contributed by atoms with E-state index in [0.717, 1.165) is 23.8 Å². The first kappa shape index (κ1) is 9.51. The van der Waals surface area contributed by atoms with Crippen molar-refractivity contribution in [3.05, 3.63) is 0 Å². The smallest absolute Gasteiger partial charge is 0.00697 e. The van der Waals surface area contributed by atoms with Gasteiger partial charge < -0.3 is 5.32 Å². The fraction of sp³-hybridized carbons (Fsp3) is 1.00. The van der Waals surface area contributed by atoms with E-state index in [4.69, 9.17) is 0 Å². The molecule has 2 aliphatic carbocycles. The lowest BCUT2D eigenvalue weighted by atomic mass is 9.84. The van der Waals surface area contributed by atoms with Crippen molar-refractivity contribution < 1.29 is 0 Å². The maximum atomic E-state index is 3.66. The Kier molecular flexibility index (Phi) is 2.92. The first-order valence-corrected chi connectivity index (χ1v) is 6.04. The van der Waals surface area contributed by atoms with Crippen molar-refractivity contribution in [2.45, 2.75) is 52.0 Å². The van der Waals surface area contributed by atoms with Crippen molar-refractivity contribution in [2.75, 3.05) is 6.54 Å². The van der Waals surface area contributed by atoms with Gasteiger partial charge in [-0.3, -0.25) is 0 Å².